The number of rotatable bonds is 6. The van der Waals surface area contributed by atoms with E-state index < -0.39 is 0 Å². The van der Waals surface area contributed by atoms with Crippen LogP contribution in [0.4, 0.5) is 0 Å². The second-order valence-electron chi connectivity index (χ2n) is 5.93. The highest BCUT2D eigenvalue weighted by molar-refractivity contribution is 6.31. The first-order valence-corrected chi connectivity index (χ1v) is 8.77. The first kappa shape index (κ1) is 18.7. The highest BCUT2D eigenvalue weighted by Gasteiger charge is 2.12. The molecule has 0 saturated heterocycles. The van der Waals surface area contributed by atoms with E-state index in [9.17, 15) is 9.59 Å². The van der Waals surface area contributed by atoms with Crippen LogP contribution in [0.25, 0.3) is 5.69 Å². The van der Waals surface area contributed by atoms with Gasteiger partial charge in [-0.2, -0.15) is 5.10 Å². The first-order valence-electron chi connectivity index (χ1n) is 8.39. The van der Waals surface area contributed by atoms with Gasteiger partial charge < -0.3 is 15.1 Å². The molecule has 27 heavy (non-hydrogen) atoms. The van der Waals surface area contributed by atoms with Crippen LogP contribution in [0.3, 0.4) is 0 Å². The van der Waals surface area contributed by atoms with Crippen molar-refractivity contribution in [1.82, 2.24) is 20.4 Å². The lowest BCUT2D eigenvalue weighted by Crippen LogP contribution is -2.34. The summed E-state index contributed by atoms with van der Waals surface area (Å²) in [6.07, 6.45) is 1.43. The topological polar surface area (TPSA) is 89.2 Å². The smallest absolute Gasteiger partial charge is 0.287 e. The minimum absolute atomic E-state index is 0.222. The van der Waals surface area contributed by atoms with Crippen LogP contribution in [0, 0.1) is 13.8 Å². The molecule has 3 aromatic rings. The summed E-state index contributed by atoms with van der Waals surface area (Å²) in [5.74, 6) is -0.302. The third-order valence-electron chi connectivity index (χ3n) is 4.02. The van der Waals surface area contributed by atoms with Crippen molar-refractivity contribution in [2.45, 2.75) is 13.8 Å². The van der Waals surface area contributed by atoms with Crippen molar-refractivity contribution in [2.24, 2.45) is 0 Å². The second-order valence-corrected chi connectivity index (χ2v) is 6.31. The molecule has 0 fully saturated rings. The minimum Gasteiger partial charge on any atom is -0.459 e. The van der Waals surface area contributed by atoms with Gasteiger partial charge in [-0.05, 0) is 50.2 Å². The Morgan fingerprint density at radius 2 is 1.74 bits per heavy atom. The van der Waals surface area contributed by atoms with E-state index in [4.69, 9.17) is 16.0 Å². The van der Waals surface area contributed by atoms with E-state index >= 15 is 0 Å². The molecule has 0 aliphatic heterocycles. The number of amides is 2. The van der Waals surface area contributed by atoms with E-state index in [0.717, 1.165) is 17.1 Å². The van der Waals surface area contributed by atoms with Crippen LogP contribution >= 0.6 is 11.6 Å². The van der Waals surface area contributed by atoms with Gasteiger partial charge in [0.2, 0.25) is 0 Å². The van der Waals surface area contributed by atoms with E-state index in [0.29, 0.717) is 23.7 Å². The van der Waals surface area contributed by atoms with Crippen LogP contribution in [0.2, 0.25) is 5.02 Å². The highest BCUT2D eigenvalue weighted by Crippen LogP contribution is 2.22. The average Bonchev–Trinajstić information content (AvgIpc) is 3.30. The van der Waals surface area contributed by atoms with Crippen LogP contribution in [-0.2, 0) is 0 Å². The van der Waals surface area contributed by atoms with Crippen LogP contribution in [0.1, 0.15) is 32.3 Å². The zero-order valence-corrected chi connectivity index (χ0v) is 15.7. The van der Waals surface area contributed by atoms with Crippen molar-refractivity contribution in [3.8, 4) is 5.69 Å². The van der Waals surface area contributed by atoms with E-state index in [1.165, 1.54) is 6.26 Å². The molecule has 0 aliphatic rings. The molecule has 0 spiro atoms. The van der Waals surface area contributed by atoms with Crippen LogP contribution in [0.5, 0.6) is 0 Å². The Hall–Kier alpha value is -3.06. The maximum absolute atomic E-state index is 12.2. The van der Waals surface area contributed by atoms with Crippen molar-refractivity contribution in [3.05, 3.63) is 70.4 Å². The summed E-state index contributed by atoms with van der Waals surface area (Å²) in [6.45, 7) is 4.34. The number of carbonyl (C=O) groups excluding carboxylic acids is 2. The number of nitrogens with zero attached hydrogens (tertiary/aromatic N) is 2. The van der Waals surface area contributed by atoms with Gasteiger partial charge in [0.1, 0.15) is 0 Å². The number of benzene rings is 1. The molecule has 140 valence electrons. The van der Waals surface area contributed by atoms with Gasteiger partial charge in [-0.25, -0.2) is 4.68 Å². The van der Waals surface area contributed by atoms with Gasteiger partial charge in [0.15, 0.2) is 5.76 Å². The van der Waals surface area contributed by atoms with E-state index in [2.05, 4.69) is 15.7 Å². The Balaban J connectivity index is 1.53. The number of hydrogen-bond donors (Lipinski definition) is 2. The highest BCUT2D eigenvalue weighted by atomic mass is 35.5. The SMILES string of the molecule is Cc1nn(-c2ccc(C(=O)NCCNC(=O)c3ccco3)cc2)c(C)c1Cl. The molecule has 0 unspecified atom stereocenters. The number of aryl methyl sites for hydroxylation is 1. The summed E-state index contributed by atoms with van der Waals surface area (Å²) in [5, 5.41) is 10.4. The Morgan fingerprint density at radius 3 is 2.30 bits per heavy atom. The Morgan fingerprint density at radius 1 is 1.07 bits per heavy atom. The van der Waals surface area contributed by atoms with Crippen LogP contribution < -0.4 is 10.6 Å². The van der Waals surface area contributed by atoms with Gasteiger partial charge in [-0.1, -0.05) is 11.6 Å². The molecule has 0 aliphatic carbocycles. The fraction of sp³-hybridized carbons (Fsp3) is 0.211. The van der Waals surface area contributed by atoms with Crippen LogP contribution in [0.15, 0.2) is 47.1 Å². The van der Waals surface area contributed by atoms with Gasteiger partial charge in [-0.15, -0.1) is 0 Å². The van der Waals surface area contributed by atoms with E-state index in [1.807, 2.05) is 26.0 Å². The Labute approximate surface area is 161 Å². The molecular weight excluding hydrogens is 368 g/mol. The molecule has 1 aromatic carbocycles. The number of aromatic nitrogens is 2. The Bertz CT molecular complexity index is 946. The van der Waals surface area contributed by atoms with Crippen molar-refractivity contribution in [3.63, 3.8) is 0 Å². The molecule has 0 saturated carbocycles. The molecule has 8 heteroatoms. The molecule has 2 amide bonds. The molecule has 2 N–H and O–H groups in total. The fourth-order valence-electron chi connectivity index (χ4n) is 2.58. The predicted molar refractivity (Wildman–Crippen MR) is 101 cm³/mol. The lowest BCUT2D eigenvalue weighted by molar-refractivity contribution is 0.0910. The molecular formula is C19H19ClN4O3. The lowest BCUT2D eigenvalue weighted by Gasteiger charge is -2.08. The maximum atomic E-state index is 12.2. The van der Waals surface area contributed by atoms with Crippen molar-refractivity contribution < 1.29 is 14.0 Å². The predicted octanol–water partition coefficient (Wildman–Crippen LogP) is 2.90. The van der Waals surface area contributed by atoms with Gasteiger partial charge in [-0.3, -0.25) is 9.59 Å². The Kier molecular flexibility index (Phi) is 5.61. The van der Waals surface area contributed by atoms with E-state index in [1.54, 1.807) is 28.9 Å². The molecule has 3 rings (SSSR count). The van der Waals surface area contributed by atoms with Crippen molar-refractivity contribution >= 4 is 23.4 Å². The zero-order chi connectivity index (χ0) is 19.4. The summed E-state index contributed by atoms with van der Waals surface area (Å²) in [6, 6.07) is 10.3. The third kappa shape index (κ3) is 4.20. The maximum Gasteiger partial charge on any atom is 0.287 e. The standard InChI is InChI=1S/C19H19ClN4O3/c1-12-17(20)13(2)24(23-12)15-7-5-14(6-8-15)18(25)21-9-10-22-19(26)16-4-3-11-27-16/h3-8,11H,9-10H2,1-2H3,(H,21,25)(H,22,26). The van der Waals surface area contributed by atoms with Crippen LogP contribution in [-0.4, -0.2) is 34.7 Å². The molecule has 2 heterocycles. The van der Waals surface area contributed by atoms with Crippen molar-refractivity contribution in [1.29, 1.82) is 0 Å². The van der Waals surface area contributed by atoms with Gasteiger partial charge in [0, 0.05) is 18.7 Å². The van der Waals surface area contributed by atoms with Gasteiger partial charge in [0.05, 0.1) is 28.4 Å². The monoisotopic (exact) mass is 386 g/mol. The summed E-state index contributed by atoms with van der Waals surface area (Å²) < 4.78 is 6.73. The zero-order valence-electron chi connectivity index (χ0n) is 15.0. The molecule has 0 bridgehead atoms. The second kappa shape index (κ2) is 8.09. The van der Waals surface area contributed by atoms with Crippen molar-refractivity contribution in [2.75, 3.05) is 13.1 Å². The summed E-state index contributed by atoms with van der Waals surface area (Å²) in [4.78, 5) is 23.9. The molecule has 2 aromatic heterocycles. The summed E-state index contributed by atoms with van der Waals surface area (Å²) >= 11 is 6.17. The van der Waals surface area contributed by atoms with Gasteiger partial charge >= 0.3 is 0 Å². The van der Waals surface area contributed by atoms with Gasteiger partial charge in [0.25, 0.3) is 11.8 Å². The summed E-state index contributed by atoms with van der Waals surface area (Å²) in [7, 11) is 0. The first-order chi connectivity index (χ1) is 13.0. The molecule has 7 nitrogen and oxygen atoms in total. The number of nitrogens with one attached hydrogen (secondary N) is 2. The third-order valence-corrected chi connectivity index (χ3v) is 4.57. The lowest BCUT2D eigenvalue weighted by atomic mass is 10.2. The average molecular weight is 387 g/mol. The normalized spacial score (nSPS) is 10.6. The number of furan rings is 1. The molecule has 0 atom stereocenters. The number of hydrogen-bond acceptors (Lipinski definition) is 4. The van der Waals surface area contributed by atoms with E-state index in [-0.39, 0.29) is 17.6 Å². The quantitative estimate of drug-likeness (QED) is 0.637. The fourth-order valence-corrected chi connectivity index (χ4v) is 2.70. The number of halogens is 1. The largest absolute Gasteiger partial charge is 0.459 e. The minimum atomic E-state index is -0.317. The number of carbonyl (C=O) groups is 2. The summed E-state index contributed by atoms with van der Waals surface area (Å²) in [5.41, 5.74) is 2.94. The molecule has 0 radical (unpaired) electrons.